The van der Waals surface area contributed by atoms with E-state index in [1.807, 2.05) is 0 Å². The van der Waals surface area contributed by atoms with E-state index >= 15 is 0 Å². The van der Waals surface area contributed by atoms with Crippen LogP contribution in [0.3, 0.4) is 0 Å². The van der Waals surface area contributed by atoms with Crippen LogP contribution in [0.4, 0.5) is 0 Å². The van der Waals surface area contributed by atoms with E-state index in [1.54, 1.807) is 0 Å². The number of hydrogen-bond donors (Lipinski definition) is 3. The average Bonchev–Trinajstić information content (AvgIpc) is 0.914. The van der Waals surface area contributed by atoms with Crippen LogP contribution in [0.5, 0.6) is 0 Å². The van der Waals surface area contributed by atoms with Crippen molar-refractivity contribution < 1.29 is 80.2 Å². The molecule has 19 heteroatoms. The molecule has 0 amide bonds. The van der Waals surface area contributed by atoms with Crippen LogP contribution in [0.2, 0.25) is 0 Å². The number of unbranched alkanes of at least 4 members (excludes halogenated alkanes) is 52. The average molecular weight is 1550 g/mol. The van der Waals surface area contributed by atoms with Crippen molar-refractivity contribution in [3.05, 3.63) is 0 Å². The zero-order valence-electron chi connectivity index (χ0n) is 69.9. The van der Waals surface area contributed by atoms with Gasteiger partial charge in [0, 0.05) is 25.7 Å². The van der Waals surface area contributed by atoms with Gasteiger partial charge in [-0.3, -0.25) is 37.3 Å². The van der Waals surface area contributed by atoms with Gasteiger partial charge in [0.2, 0.25) is 0 Å². The quantitative estimate of drug-likeness (QED) is 0.0222. The maximum Gasteiger partial charge on any atom is 0.472 e. The Balaban J connectivity index is 5.19. The molecular formula is C87H170O17P2. The number of aliphatic hydroxyl groups excluding tert-OH is 1. The fraction of sp³-hybridized carbons (Fsp3) is 0.954. The molecule has 0 aromatic carbocycles. The molecule has 0 saturated heterocycles. The molecular weight excluding hydrogens is 1380 g/mol. The van der Waals surface area contributed by atoms with Crippen molar-refractivity contribution in [2.75, 3.05) is 39.6 Å². The summed E-state index contributed by atoms with van der Waals surface area (Å²) in [5.41, 5.74) is 0. The third kappa shape index (κ3) is 78.7. The lowest BCUT2D eigenvalue weighted by atomic mass is 9.99. The maximum absolute atomic E-state index is 13.2. The molecule has 106 heavy (non-hydrogen) atoms. The van der Waals surface area contributed by atoms with Crippen molar-refractivity contribution in [1.82, 2.24) is 0 Å². The van der Waals surface area contributed by atoms with Gasteiger partial charge in [0.15, 0.2) is 12.2 Å². The Morgan fingerprint density at radius 3 is 0.717 bits per heavy atom. The van der Waals surface area contributed by atoms with Crippen LogP contribution in [0.1, 0.15) is 459 Å². The highest BCUT2D eigenvalue weighted by Crippen LogP contribution is 2.45. The summed E-state index contributed by atoms with van der Waals surface area (Å²) in [6.45, 7) is 12.0. The Labute approximate surface area is 651 Å². The topological polar surface area (TPSA) is 237 Å². The molecule has 0 bridgehead atoms. The molecule has 0 heterocycles. The molecule has 0 rings (SSSR count). The minimum atomic E-state index is -4.97. The van der Waals surface area contributed by atoms with Gasteiger partial charge >= 0.3 is 39.5 Å². The third-order valence-corrected chi connectivity index (χ3v) is 22.6. The smallest absolute Gasteiger partial charge is 0.462 e. The monoisotopic (exact) mass is 1550 g/mol. The van der Waals surface area contributed by atoms with Crippen LogP contribution in [0, 0.1) is 17.8 Å². The molecule has 3 unspecified atom stereocenters. The van der Waals surface area contributed by atoms with Gasteiger partial charge in [-0.2, -0.15) is 0 Å². The van der Waals surface area contributed by atoms with Gasteiger partial charge in [-0.05, 0) is 43.4 Å². The summed E-state index contributed by atoms with van der Waals surface area (Å²) in [5, 5.41) is 10.7. The van der Waals surface area contributed by atoms with Crippen molar-refractivity contribution in [3.63, 3.8) is 0 Å². The van der Waals surface area contributed by atoms with Gasteiger partial charge in [-0.25, -0.2) is 9.13 Å². The number of phosphoric ester groups is 2. The van der Waals surface area contributed by atoms with Gasteiger partial charge in [-0.1, -0.05) is 408 Å². The number of esters is 4. The van der Waals surface area contributed by atoms with Crippen LogP contribution in [0.25, 0.3) is 0 Å². The van der Waals surface area contributed by atoms with Crippen LogP contribution in [0.15, 0.2) is 0 Å². The Kier molecular flexibility index (Phi) is 75.6. The molecule has 6 atom stereocenters. The minimum Gasteiger partial charge on any atom is -0.462 e. The molecule has 0 radical (unpaired) electrons. The first kappa shape index (κ1) is 104. The molecule has 0 saturated carbocycles. The van der Waals surface area contributed by atoms with Crippen molar-refractivity contribution >= 4 is 39.5 Å². The largest absolute Gasteiger partial charge is 0.472 e. The third-order valence-electron chi connectivity index (χ3n) is 20.7. The Bertz CT molecular complexity index is 2050. The lowest BCUT2D eigenvalue weighted by Gasteiger charge is -2.21. The molecule has 0 aliphatic rings. The van der Waals surface area contributed by atoms with Crippen LogP contribution >= 0.6 is 15.6 Å². The van der Waals surface area contributed by atoms with E-state index in [0.29, 0.717) is 25.7 Å². The van der Waals surface area contributed by atoms with E-state index in [-0.39, 0.29) is 25.7 Å². The summed E-state index contributed by atoms with van der Waals surface area (Å²) in [7, 11) is -9.93. The number of carbonyl (C=O) groups is 4. The zero-order valence-corrected chi connectivity index (χ0v) is 71.7. The summed E-state index contributed by atoms with van der Waals surface area (Å²) in [4.78, 5) is 73.2. The fourth-order valence-corrected chi connectivity index (χ4v) is 15.1. The number of aliphatic hydroxyl groups is 1. The highest BCUT2D eigenvalue weighted by molar-refractivity contribution is 7.47. The lowest BCUT2D eigenvalue weighted by molar-refractivity contribution is -0.161. The standard InChI is InChI=1S/C87H170O17P2/c1-8-10-11-12-13-14-15-16-17-18-19-20-21-22-26-29-32-35-38-47-54-61-68-84(89)97-74-82(103-86(91)70-63-56-49-39-36-33-30-27-24-23-25-28-31-34-37-46-53-60-67-80(7)9-2)76-101-105(93,94)99-72-81(88)73-100-106(95,96)102-77-83(104-87(92)71-64-57-50-43-41-45-52-59-66-79(5)6)75-98-85(90)69-62-55-48-42-40-44-51-58-65-78(3)4/h78-83,88H,8-77H2,1-7H3,(H,93,94)(H,95,96)/t80?,81-,82-,83-/m1/s1. The first-order valence-electron chi connectivity index (χ1n) is 44.9. The first-order chi connectivity index (χ1) is 51.3. The van der Waals surface area contributed by atoms with E-state index in [9.17, 15) is 43.2 Å². The van der Waals surface area contributed by atoms with E-state index in [2.05, 4.69) is 48.5 Å². The summed E-state index contributed by atoms with van der Waals surface area (Å²) in [6.07, 6.45) is 68.4. The van der Waals surface area contributed by atoms with Gasteiger partial charge in [0.1, 0.15) is 19.3 Å². The van der Waals surface area contributed by atoms with Crippen LogP contribution in [-0.2, 0) is 65.4 Å². The molecule has 630 valence electrons. The molecule has 0 aliphatic heterocycles. The van der Waals surface area contributed by atoms with Crippen molar-refractivity contribution in [2.24, 2.45) is 17.8 Å². The molecule has 0 spiro atoms. The molecule has 3 N–H and O–H groups in total. The summed E-state index contributed by atoms with van der Waals surface area (Å²) >= 11 is 0. The van der Waals surface area contributed by atoms with Gasteiger partial charge in [-0.15, -0.1) is 0 Å². The number of hydrogen-bond acceptors (Lipinski definition) is 15. The van der Waals surface area contributed by atoms with E-state index in [4.69, 9.17) is 37.0 Å². The predicted molar refractivity (Wildman–Crippen MR) is 437 cm³/mol. The molecule has 0 fully saturated rings. The Morgan fingerprint density at radius 1 is 0.274 bits per heavy atom. The van der Waals surface area contributed by atoms with E-state index in [1.165, 1.54) is 270 Å². The first-order valence-corrected chi connectivity index (χ1v) is 47.9. The second kappa shape index (κ2) is 77.0. The summed E-state index contributed by atoms with van der Waals surface area (Å²) < 4.78 is 68.8. The van der Waals surface area contributed by atoms with E-state index < -0.39 is 97.5 Å². The lowest BCUT2D eigenvalue weighted by Crippen LogP contribution is -2.30. The van der Waals surface area contributed by atoms with Crippen molar-refractivity contribution in [2.45, 2.75) is 478 Å². The number of phosphoric acid groups is 2. The second-order valence-electron chi connectivity index (χ2n) is 32.5. The van der Waals surface area contributed by atoms with Crippen LogP contribution < -0.4 is 0 Å². The van der Waals surface area contributed by atoms with Crippen molar-refractivity contribution in [3.8, 4) is 0 Å². The van der Waals surface area contributed by atoms with Gasteiger partial charge in [0.05, 0.1) is 26.4 Å². The minimum absolute atomic E-state index is 0.104. The second-order valence-corrected chi connectivity index (χ2v) is 35.4. The number of ether oxygens (including phenoxy) is 4. The SMILES string of the molecule is CCCCCCCCCCCCCCCCCCCCCCCCC(=O)OC[C@H](COP(=O)(O)OC[C@@H](O)COP(=O)(O)OC[C@@H](COC(=O)CCCCCCCCCCC(C)C)OC(=O)CCCCCCCCCCC(C)C)OC(=O)CCCCCCCCCCCCCCCCCCCCC(C)CC. The molecule has 17 nitrogen and oxygen atoms in total. The van der Waals surface area contributed by atoms with Gasteiger partial charge in [0.25, 0.3) is 0 Å². The summed E-state index contributed by atoms with van der Waals surface area (Å²) in [6, 6.07) is 0. The molecule has 0 aliphatic carbocycles. The fourth-order valence-electron chi connectivity index (χ4n) is 13.5. The number of rotatable bonds is 85. The van der Waals surface area contributed by atoms with Crippen LogP contribution in [-0.4, -0.2) is 96.7 Å². The molecule has 0 aromatic heterocycles. The number of carbonyl (C=O) groups excluding carboxylic acids is 4. The maximum atomic E-state index is 13.2. The van der Waals surface area contributed by atoms with Crippen molar-refractivity contribution in [1.29, 1.82) is 0 Å². The normalized spacial score (nSPS) is 14.1. The van der Waals surface area contributed by atoms with E-state index in [0.717, 1.165) is 108 Å². The Hall–Kier alpha value is -1.94. The zero-order chi connectivity index (χ0) is 77.9. The Morgan fingerprint density at radius 2 is 0.481 bits per heavy atom. The van der Waals surface area contributed by atoms with Gasteiger partial charge < -0.3 is 33.8 Å². The highest BCUT2D eigenvalue weighted by Gasteiger charge is 2.31. The summed E-state index contributed by atoms with van der Waals surface area (Å²) in [5.74, 6) is 0.206. The predicted octanol–water partition coefficient (Wildman–Crippen LogP) is 26.5. The highest BCUT2D eigenvalue weighted by atomic mass is 31.2. The molecule has 0 aromatic rings.